The minimum absolute atomic E-state index is 0.0743. The van der Waals surface area contributed by atoms with Crippen LogP contribution in [0.5, 0.6) is 0 Å². The molecule has 20 heavy (non-hydrogen) atoms. The number of aromatic nitrogens is 3. The lowest BCUT2D eigenvalue weighted by Gasteiger charge is -2.05. The average molecular weight is 292 g/mol. The summed E-state index contributed by atoms with van der Waals surface area (Å²) in [5.41, 5.74) is 0.635. The molecule has 2 N–H and O–H groups in total. The number of rotatable bonds is 5. The zero-order valence-corrected chi connectivity index (χ0v) is 11.4. The molecule has 0 aromatic carbocycles. The van der Waals surface area contributed by atoms with Crippen molar-refractivity contribution in [2.45, 2.75) is 13.5 Å². The average Bonchev–Trinajstić information content (AvgIpc) is 2.96. The molecule has 0 radical (unpaired) electrons. The van der Waals surface area contributed by atoms with Crippen molar-refractivity contribution in [1.82, 2.24) is 14.8 Å². The molecule has 0 saturated carbocycles. The fourth-order valence-electron chi connectivity index (χ4n) is 1.54. The van der Waals surface area contributed by atoms with E-state index in [1.165, 1.54) is 17.4 Å². The van der Waals surface area contributed by atoms with Crippen LogP contribution in [0.25, 0.3) is 6.08 Å². The molecule has 2 heterocycles. The Bertz CT molecular complexity index is 659. The lowest BCUT2D eigenvalue weighted by Crippen LogP contribution is -2.18. The second-order valence-electron chi connectivity index (χ2n) is 3.91. The number of carbonyl (C=O) groups excluding carboxylic acids is 1. The molecule has 0 aliphatic rings. The van der Waals surface area contributed by atoms with Gasteiger partial charge in [0.25, 0.3) is 0 Å². The van der Waals surface area contributed by atoms with Gasteiger partial charge in [-0.2, -0.15) is 0 Å². The summed E-state index contributed by atoms with van der Waals surface area (Å²) < 4.78 is 1.64. The van der Waals surface area contributed by atoms with Crippen molar-refractivity contribution >= 4 is 34.4 Å². The molecular weight excluding hydrogens is 280 g/mol. The Kier molecular flexibility index (Phi) is 4.26. The van der Waals surface area contributed by atoms with Gasteiger partial charge >= 0.3 is 5.97 Å². The Morgan fingerprint density at radius 3 is 2.95 bits per heavy atom. The summed E-state index contributed by atoms with van der Waals surface area (Å²) in [6, 6.07) is 3.46. The highest BCUT2D eigenvalue weighted by Gasteiger charge is 2.08. The largest absolute Gasteiger partial charge is 0.478 e. The fourth-order valence-corrected chi connectivity index (χ4v) is 2.15. The molecule has 2 rings (SSSR count). The Hall–Kier alpha value is -2.48. The van der Waals surface area contributed by atoms with E-state index in [0.717, 1.165) is 11.1 Å². The molecular formula is C12H12N4O3S. The fraction of sp³-hybridized carbons (Fsp3) is 0.167. The Morgan fingerprint density at radius 2 is 2.30 bits per heavy atom. The number of nitrogens with one attached hydrogen (secondary N) is 1. The molecule has 0 fully saturated rings. The van der Waals surface area contributed by atoms with E-state index in [0.29, 0.717) is 10.8 Å². The molecule has 2 aromatic heterocycles. The van der Waals surface area contributed by atoms with E-state index in [4.69, 9.17) is 5.11 Å². The van der Waals surface area contributed by atoms with Crippen molar-refractivity contribution in [2.75, 3.05) is 5.32 Å². The molecule has 0 saturated heterocycles. The summed E-state index contributed by atoms with van der Waals surface area (Å²) in [4.78, 5) is 22.3. The molecule has 0 atom stereocenters. The molecule has 104 valence electrons. The maximum Gasteiger partial charge on any atom is 0.328 e. The van der Waals surface area contributed by atoms with Crippen LogP contribution >= 0.6 is 11.3 Å². The van der Waals surface area contributed by atoms with Gasteiger partial charge < -0.3 is 9.67 Å². The smallest absolute Gasteiger partial charge is 0.328 e. The number of aliphatic carboxylic acids is 1. The third-order valence-electron chi connectivity index (χ3n) is 2.35. The number of carboxylic acids is 1. The standard InChI is InChI=1S/C12H12N4O3S/c1-8-14-15-12(20-8)13-10(17)7-16-6-2-3-9(16)4-5-11(18)19/h2-6H,7H2,1H3,(H,18,19)(H,13,15,17)/b5-4+. The first kappa shape index (κ1) is 13.9. The van der Waals surface area contributed by atoms with Crippen LogP contribution in [-0.4, -0.2) is 31.7 Å². The van der Waals surface area contributed by atoms with E-state index in [9.17, 15) is 9.59 Å². The highest BCUT2D eigenvalue weighted by Crippen LogP contribution is 2.14. The lowest BCUT2D eigenvalue weighted by atomic mass is 10.3. The third-order valence-corrected chi connectivity index (χ3v) is 3.10. The first-order valence-corrected chi connectivity index (χ1v) is 6.52. The molecule has 2 aromatic rings. The number of carboxylic acid groups (broad SMARTS) is 1. The van der Waals surface area contributed by atoms with E-state index in [1.54, 1.807) is 29.8 Å². The lowest BCUT2D eigenvalue weighted by molar-refractivity contribution is -0.131. The molecule has 0 unspecified atom stereocenters. The van der Waals surface area contributed by atoms with Crippen LogP contribution in [0.2, 0.25) is 0 Å². The topological polar surface area (TPSA) is 97.1 Å². The van der Waals surface area contributed by atoms with Gasteiger partial charge in [0.2, 0.25) is 11.0 Å². The maximum atomic E-state index is 11.8. The van der Waals surface area contributed by atoms with Crippen molar-refractivity contribution in [2.24, 2.45) is 0 Å². The highest BCUT2D eigenvalue weighted by molar-refractivity contribution is 7.15. The van der Waals surface area contributed by atoms with Crippen LogP contribution in [-0.2, 0) is 16.1 Å². The van der Waals surface area contributed by atoms with Crippen LogP contribution < -0.4 is 5.32 Å². The SMILES string of the molecule is Cc1nnc(NC(=O)Cn2cccc2/C=C/C(=O)O)s1. The number of hydrogen-bond acceptors (Lipinski definition) is 5. The van der Waals surface area contributed by atoms with Crippen molar-refractivity contribution in [1.29, 1.82) is 0 Å². The number of anilines is 1. The first-order valence-electron chi connectivity index (χ1n) is 5.70. The number of aryl methyl sites for hydroxylation is 1. The second kappa shape index (κ2) is 6.11. The summed E-state index contributed by atoms with van der Waals surface area (Å²) in [7, 11) is 0. The first-order chi connectivity index (χ1) is 9.54. The van der Waals surface area contributed by atoms with Gasteiger partial charge in [-0.1, -0.05) is 11.3 Å². The zero-order chi connectivity index (χ0) is 14.5. The van der Waals surface area contributed by atoms with E-state index >= 15 is 0 Å². The minimum Gasteiger partial charge on any atom is -0.478 e. The summed E-state index contributed by atoms with van der Waals surface area (Å²) in [6.07, 6.45) is 4.16. The van der Waals surface area contributed by atoms with Crippen LogP contribution in [0.15, 0.2) is 24.4 Å². The molecule has 0 bridgehead atoms. The van der Waals surface area contributed by atoms with Crippen molar-refractivity contribution in [3.05, 3.63) is 35.1 Å². The van der Waals surface area contributed by atoms with Crippen LogP contribution in [0.4, 0.5) is 5.13 Å². The molecule has 7 nitrogen and oxygen atoms in total. The number of hydrogen-bond donors (Lipinski definition) is 2. The van der Waals surface area contributed by atoms with Gasteiger partial charge in [-0.05, 0) is 25.1 Å². The third kappa shape index (κ3) is 3.75. The number of carbonyl (C=O) groups is 2. The number of nitrogens with zero attached hydrogens (tertiary/aromatic N) is 3. The van der Waals surface area contributed by atoms with Crippen LogP contribution in [0.3, 0.4) is 0 Å². The number of amides is 1. The maximum absolute atomic E-state index is 11.8. The summed E-state index contributed by atoms with van der Waals surface area (Å²) in [6.45, 7) is 1.87. The van der Waals surface area contributed by atoms with Crippen molar-refractivity contribution in [3.63, 3.8) is 0 Å². The van der Waals surface area contributed by atoms with Gasteiger partial charge in [0, 0.05) is 18.0 Å². The Labute approximate surface area is 118 Å². The predicted octanol–water partition coefficient (Wildman–Crippen LogP) is 1.38. The van der Waals surface area contributed by atoms with Crippen molar-refractivity contribution in [3.8, 4) is 0 Å². The van der Waals surface area contributed by atoms with E-state index < -0.39 is 5.97 Å². The van der Waals surface area contributed by atoms with Gasteiger partial charge in [-0.25, -0.2) is 4.79 Å². The van der Waals surface area contributed by atoms with Gasteiger partial charge in [0.1, 0.15) is 11.6 Å². The van der Waals surface area contributed by atoms with Crippen molar-refractivity contribution < 1.29 is 14.7 Å². The molecule has 0 spiro atoms. The normalized spacial score (nSPS) is 10.8. The summed E-state index contributed by atoms with van der Waals surface area (Å²) >= 11 is 1.29. The van der Waals surface area contributed by atoms with Gasteiger partial charge in [-0.3, -0.25) is 10.1 Å². The van der Waals surface area contributed by atoms with Gasteiger partial charge in [0.05, 0.1) is 0 Å². The minimum atomic E-state index is -1.04. The molecule has 8 heteroatoms. The second-order valence-corrected chi connectivity index (χ2v) is 5.09. The monoisotopic (exact) mass is 292 g/mol. The van der Waals surface area contributed by atoms with E-state index in [-0.39, 0.29) is 12.5 Å². The predicted molar refractivity (Wildman–Crippen MR) is 74.4 cm³/mol. The summed E-state index contributed by atoms with van der Waals surface area (Å²) in [5.74, 6) is -1.28. The van der Waals surface area contributed by atoms with Gasteiger partial charge in [-0.15, -0.1) is 10.2 Å². The molecule has 0 aliphatic heterocycles. The molecule has 1 amide bonds. The van der Waals surface area contributed by atoms with Gasteiger partial charge in [0.15, 0.2) is 0 Å². The quantitative estimate of drug-likeness (QED) is 0.811. The zero-order valence-electron chi connectivity index (χ0n) is 10.6. The van der Waals surface area contributed by atoms with E-state index in [2.05, 4.69) is 15.5 Å². The van der Waals surface area contributed by atoms with Crippen LogP contribution in [0.1, 0.15) is 10.7 Å². The summed E-state index contributed by atoms with van der Waals surface area (Å²) in [5, 5.41) is 20.1. The highest BCUT2D eigenvalue weighted by atomic mass is 32.1. The van der Waals surface area contributed by atoms with E-state index in [1.807, 2.05) is 0 Å². The Morgan fingerprint density at radius 1 is 1.50 bits per heavy atom. The van der Waals surface area contributed by atoms with Crippen LogP contribution in [0, 0.1) is 6.92 Å². The Balaban J connectivity index is 2.01. The molecule has 0 aliphatic carbocycles.